The highest BCUT2D eigenvalue weighted by Crippen LogP contribution is 2.33. The van der Waals surface area contributed by atoms with Crippen LogP contribution in [0.4, 0.5) is 0 Å². The number of aliphatic imine (C=N–C) groups is 1. The quantitative estimate of drug-likeness (QED) is 0.581. The molecule has 0 aromatic heterocycles. The Morgan fingerprint density at radius 2 is 2.00 bits per heavy atom. The Morgan fingerprint density at radius 3 is 2.61 bits per heavy atom. The second-order valence-corrected chi connectivity index (χ2v) is 8.97. The molecule has 2 saturated heterocycles. The number of piperazine rings is 1. The highest BCUT2D eigenvalue weighted by Gasteiger charge is 2.33. The lowest BCUT2D eigenvalue weighted by Crippen LogP contribution is -2.56. The number of hydrogen-bond acceptors (Lipinski definition) is 4. The molecule has 1 aromatic rings. The van der Waals surface area contributed by atoms with Gasteiger partial charge in [0.05, 0.1) is 6.54 Å². The monoisotopic (exact) mass is 424 g/mol. The molecule has 2 fully saturated rings. The summed E-state index contributed by atoms with van der Waals surface area (Å²) in [6.07, 6.45) is 4.23. The summed E-state index contributed by atoms with van der Waals surface area (Å²) in [5.41, 5.74) is 1.09. The number of carbonyl (C=O) groups is 1. The van der Waals surface area contributed by atoms with Gasteiger partial charge in [0.15, 0.2) is 5.96 Å². The average Bonchev–Trinajstić information content (AvgIpc) is 2.72. The van der Waals surface area contributed by atoms with Gasteiger partial charge in [0, 0.05) is 56.2 Å². The molecule has 6 nitrogen and oxygen atoms in total. The van der Waals surface area contributed by atoms with Crippen molar-refractivity contribution in [3.63, 3.8) is 0 Å². The molecule has 2 heterocycles. The van der Waals surface area contributed by atoms with E-state index in [1.54, 1.807) is 7.05 Å². The lowest BCUT2D eigenvalue weighted by molar-refractivity contribution is -0.135. The summed E-state index contributed by atoms with van der Waals surface area (Å²) in [4.78, 5) is 21.0. The highest BCUT2D eigenvalue weighted by molar-refractivity contribution is 8.00. The summed E-state index contributed by atoms with van der Waals surface area (Å²) < 4.78 is 5.69. The van der Waals surface area contributed by atoms with Gasteiger partial charge in [-0.3, -0.25) is 9.79 Å². The zero-order chi connectivity index (χ0) is 20.0. The fourth-order valence-electron chi connectivity index (χ4n) is 3.64. The van der Waals surface area contributed by atoms with Gasteiger partial charge < -0.3 is 19.9 Å². The zero-order valence-corrected chi connectivity index (χ0v) is 18.2. The van der Waals surface area contributed by atoms with Crippen LogP contribution in [-0.2, 0) is 16.1 Å². The number of amides is 1. The second kappa shape index (κ2) is 9.85. The van der Waals surface area contributed by atoms with Gasteiger partial charge in [0.2, 0.25) is 5.91 Å². The molecular formula is C20H29ClN4O2S. The Balaban J connectivity index is 1.54. The van der Waals surface area contributed by atoms with E-state index in [4.69, 9.17) is 16.3 Å². The van der Waals surface area contributed by atoms with Gasteiger partial charge in [-0.2, -0.15) is 11.8 Å². The van der Waals surface area contributed by atoms with Gasteiger partial charge >= 0.3 is 0 Å². The molecule has 0 unspecified atom stereocenters. The standard InChI is InChI=1S/C20H29ClN4O2S/c1-22-19(23-15-20(28-2)7-11-27-12-8-20)25-10-9-24(18(26)14-25)13-16-3-5-17(21)6-4-16/h3-6H,7-15H2,1-2H3,(H,22,23). The molecule has 0 atom stereocenters. The van der Waals surface area contributed by atoms with E-state index >= 15 is 0 Å². The third-order valence-electron chi connectivity index (χ3n) is 5.52. The maximum Gasteiger partial charge on any atom is 0.242 e. The van der Waals surface area contributed by atoms with Gasteiger partial charge in [-0.05, 0) is 36.8 Å². The number of rotatable bonds is 5. The Morgan fingerprint density at radius 1 is 1.29 bits per heavy atom. The smallest absolute Gasteiger partial charge is 0.242 e. The van der Waals surface area contributed by atoms with Gasteiger partial charge in [0.25, 0.3) is 0 Å². The fraction of sp³-hybridized carbons (Fsp3) is 0.600. The van der Waals surface area contributed by atoms with Crippen molar-refractivity contribution in [2.24, 2.45) is 4.99 Å². The normalized spacial score (nSPS) is 20.4. The summed E-state index contributed by atoms with van der Waals surface area (Å²) in [6.45, 7) is 4.88. The van der Waals surface area contributed by atoms with E-state index in [9.17, 15) is 4.79 Å². The van der Waals surface area contributed by atoms with Gasteiger partial charge in [0.1, 0.15) is 0 Å². The molecule has 3 rings (SSSR count). The molecule has 154 valence electrons. The molecule has 8 heteroatoms. The Labute approximate surface area is 176 Å². The number of guanidine groups is 1. The number of thioether (sulfide) groups is 1. The van der Waals surface area contributed by atoms with E-state index in [1.807, 2.05) is 45.8 Å². The van der Waals surface area contributed by atoms with E-state index in [0.29, 0.717) is 24.7 Å². The van der Waals surface area contributed by atoms with Crippen molar-refractivity contribution in [3.8, 4) is 0 Å². The van der Waals surface area contributed by atoms with Crippen LogP contribution >= 0.6 is 23.4 Å². The lowest BCUT2D eigenvalue weighted by Gasteiger charge is -2.39. The first-order valence-corrected chi connectivity index (χ1v) is 11.3. The molecule has 28 heavy (non-hydrogen) atoms. The minimum atomic E-state index is 0.120. The van der Waals surface area contributed by atoms with Crippen molar-refractivity contribution in [1.82, 2.24) is 15.1 Å². The molecule has 0 bridgehead atoms. The Bertz CT molecular complexity index is 692. The van der Waals surface area contributed by atoms with Crippen molar-refractivity contribution in [2.75, 3.05) is 52.7 Å². The summed E-state index contributed by atoms with van der Waals surface area (Å²) in [7, 11) is 1.78. The van der Waals surface area contributed by atoms with Gasteiger partial charge in [-0.25, -0.2) is 0 Å². The fourth-order valence-corrected chi connectivity index (χ4v) is 4.55. The lowest BCUT2D eigenvalue weighted by atomic mass is 9.99. The van der Waals surface area contributed by atoms with Crippen molar-refractivity contribution in [2.45, 2.75) is 24.1 Å². The predicted molar refractivity (Wildman–Crippen MR) is 116 cm³/mol. The van der Waals surface area contributed by atoms with Crippen LogP contribution in [0.2, 0.25) is 5.02 Å². The number of hydrogen-bond donors (Lipinski definition) is 1. The zero-order valence-electron chi connectivity index (χ0n) is 16.6. The first kappa shape index (κ1) is 21.3. The molecule has 1 amide bonds. The van der Waals surface area contributed by atoms with Crippen molar-refractivity contribution in [1.29, 1.82) is 0 Å². The summed E-state index contributed by atoms with van der Waals surface area (Å²) >= 11 is 7.84. The Hall–Kier alpha value is -1.44. The van der Waals surface area contributed by atoms with Crippen LogP contribution in [0.5, 0.6) is 0 Å². The second-order valence-electron chi connectivity index (χ2n) is 7.26. The topological polar surface area (TPSA) is 57.2 Å². The van der Waals surface area contributed by atoms with Crippen molar-refractivity contribution >= 4 is 35.2 Å². The van der Waals surface area contributed by atoms with E-state index in [0.717, 1.165) is 50.7 Å². The third-order valence-corrected chi connectivity index (χ3v) is 7.19. The number of halogens is 1. The van der Waals surface area contributed by atoms with Gasteiger partial charge in [-0.1, -0.05) is 23.7 Å². The SMILES string of the molecule is CN=C(NCC1(SC)CCOCC1)N1CCN(Cc2ccc(Cl)cc2)C(=O)C1. The Kier molecular flexibility index (Phi) is 7.48. The summed E-state index contributed by atoms with van der Waals surface area (Å²) in [5.74, 6) is 0.925. The molecule has 0 spiro atoms. The van der Waals surface area contributed by atoms with Crippen LogP contribution in [0.25, 0.3) is 0 Å². The molecule has 0 radical (unpaired) electrons. The summed E-state index contributed by atoms with van der Waals surface area (Å²) in [5, 5.41) is 4.22. The maximum atomic E-state index is 12.7. The van der Waals surface area contributed by atoms with Crippen molar-refractivity contribution in [3.05, 3.63) is 34.9 Å². The van der Waals surface area contributed by atoms with Crippen molar-refractivity contribution < 1.29 is 9.53 Å². The first-order valence-electron chi connectivity index (χ1n) is 9.66. The van der Waals surface area contributed by atoms with E-state index in [2.05, 4.69) is 16.6 Å². The minimum Gasteiger partial charge on any atom is -0.381 e. The van der Waals surface area contributed by atoms with Crippen LogP contribution in [0.3, 0.4) is 0 Å². The molecular weight excluding hydrogens is 396 g/mol. The maximum absolute atomic E-state index is 12.7. The molecule has 1 aromatic carbocycles. The van der Waals surface area contributed by atoms with E-state index < -0.39 is 0 Å². The van der Waals surface area contributed by atoms with Gasteiger partial charge in [-0.15, -0.1) is 0 Å². The van der Waals surface area contributed by atoms with Crippen LogP contribution in [0.1, 0.15) is 18.4 Å². The number of nitrogens with zero attached hydrogens (tertiary/aromatic N) is 3. The number of benzene rings is 1. The highest BCUT2D eigenvalue weighted by atomic mass is 35.5. The van der Waals surface area contributed by atoms with E-state index in [-0.39, 0.29) is 10.7 Å². The number of nitrogens with one attached hydrogen (secondary N) is 1. The average molecular weight is 425 g/mol. The predicted octanol–water partition coefficient (Wildman–Crippen LogP) is 2.47. The van der Waals surface area contributed by atoms with Crippen LogP contribution in [0.15, 0.2) is 29.3 Å². The summed E-state index contributed by atoms with van der Waals surface area (Å²) in [6, 6.07) is 7.67. The number of ether oxygens (including phenoxy) is 1. The largest absolute Gasteiger partial charge is 0.381 e. The molecule has 0 saturated carbocycles. The molecule has 2 aliphatic rings. The van der Waals surface area contributed by atoms with Crippen LogP contribution in [0, 0.1) is 0 Å². The minimum absolute atomic E-state index is 0.120. The van der Waals surface area contributed by atoms with Crippen LogP contribution < -0.4 is 5.32 Å². The van der Waals surface area contributed by atoms with Crippen LogP contribution in [-0.4, -0.2) is 79.1 Å². The number of carbonyl (C=O) groups excluding carboxylic acids is 1. The molecule has 1 N–H and O–H groups in total. The first-order chi connectivity index (χ1) is 13.5. The third kappa shape index (κ3) is 5.33. The van der Waals surface area contributed by atoms with E-state index in [1.165, 1.54) is 0 Å². The molecule has 0 aliphatic carbocycles. The molecule has 2 aliphatic heterocycles.